The van der Waals surface area contributed by atoms with E-state index >= 15 is 0 Å². The van der Waals surface area contributed by atoms with Crippen molar-refractivity contribution >= 4 is 27.7 Å². The zero-order valence-electron chi connectivity index (χ0n) is 17.9. The molecule has 0 aliphatic carbocycles. The van der Waals surface area contributed by atoms with Gasteiger partial charge < -0.3 is 9.47 Å². The van der Waals surface area contributed by atoms with Crippen molar-refractivity contribution in [3.63, 3.8) is 0 Å². The van der Waals surface area contributed by atoms with Gasteiger partial charge in [0, 0.05) is 10.0 Å². The first-order chi connectivity index (χ1) is 14.7. The lowest BCUT2D eigenvalue weighted by Gasteiger charge is -2.19. The second-order valence-corrected chi connectivity index (χ2v) is 9.19. The maximum atomic E-state index is 12.2. The fourth-order valence-electron chi connectivity index (χ4n) is 2.91. The van der Waals surface area contributed by atoms with Crippen LogP contribution in [0.25, 0.3) is 0 Å². The van der Waals surface area contributed by atoms with Crippen LogP contribution in [0.15, 0.2) is 77.3 Å². The van der Waals surface area contributed by atoms with Gasteiger partial charge in [0.2, 0.25) is 0 Å². The van der Waals surface area contributed by atoms with Gasteiger partial charge in [-0.05, 0) is 52.9 Å². The van der Waals surface area contributed by atoms with Gasteiger partial charge in [0.05, 0.1) is 5.56 Å². The summed E-state index contributed by atoms with van der Waals surface area (Å²) in [6.45, 7) is 6.61. The highest BCUT2D eigenvalue weighted by atomic mass is 79.9. The number of hydrogen-bond donors (Lipinski definition) is 0. The van der Waals surface area contributed by atoms with E-state index in [0.717, 1.165) is 15.8 Å². The Labute approximate surface area is 191 Å². The summed E-state index contributed by atoms with van der Waals surface area (Å²) in [5.74, 6) is 0.00767. The molecule has 0 fully saturated rings. The molecule has 31 heavy (non-hydrogen) atoms. The number of benzene rings is 3. The monoisotopic (exact) mass is 480 g/mol. The van der Waals surface area contributed by atoms with E-state index in [9.17, 15) is 9.59 Å². The number of Topliss-reactive ketones (excluding diaryl/α,β-unsaturated/α-hetero) is 1. The summed E-state index contributed by atoms with van der Waals surface area (Å²) in [4.78, 5) is 24.4. The lowest BCUT2D eigenvalue weighted by molar-refractivity contribution is 0.0474. The average Bonchev–Trinajstić information content (AvgIpc) is 2.76. The zero-order valence-corrected chi connectivity index (χ0v) is 19.4. The van der Waals surface area contributed by atoms with Crippen molar-refractivity contribution < 1.29 is 19.1 Å². The molecule has 0 saturated carbocycles. The Hall–Kier alpha value is -2.92. The molecular formula is C26H25BrO4. The second kappa shape index (κ2) is 9.92. The minimum atomic E-state index is -0.534. The van der Waals surface area contributed by atoms with E-state index in [1.165, 1.54) is 5.56 Å². The number of halogens is 1. The predicted octanol–water partition coefficient (Wildman–Crippen LogP) is 6.37. The van der Waals surface area contributed by atoms with Crippen molar-refractivity contribution in [1.82, 2.24) is 0 Å². The first kappa shape index (κ1) is 22.8. The number of carbonyl (C=O) groups excluding carboxylic acids is 2. The summed E-state index contributed by atoms with van der Waals surface area (Å²) in [6, 6.07) is 22.0. The van der Waals surface area contributed by atoms with Gasteiger partial charge in [-0.15, -0.1) is 0 Å². The third kappa shape index (κ3) is 6.53. The minimum absolute atomic E-state index is 0.103. The first-order valence-corrected chi connectivity index (χ1v) is 10.8. The van der Waals surface area contributed by atoms with E-state index < -0.39 is 5.97 Å². The molecule has 160 valence electrons. The van der Waals surface area contributed by atoms with Crippen LogP contribution in [0.1, 0.15) is 52.6 Å². The van der Waals surface area contributed by atoms with Crippen molar-refractivity contribution in [2.75, 3.05) is 6.61 Å². The molecule has 3 aromatic carbocycles. The van der Waals surface area contributed by atoms with Crippen LogP contribution in [-0.4, -0.2) is 18.4 Å². The van der Waals surface area contributed by atoms with E-state index in [-0.39, 0.29) is 17.8 Å². The van der Waals surface area contributed by atoms with Crippen LogP contribution in [0.5, 0.6) is 5.75 Å². The molecule has 0 radical (unpaired) electrons. The Bertz CT molecular complexity index is 1050. The third-order valence-electron chi connectivity index (χ3n) is 4.80. The number of esters is 1. The highest BCUT2D eigenvalue weighted by Crippen LogP contribution is 2.24. The minimum Gasteiger partial charge on any atom is -0.489 e. The highest BCUT2D eigenvalue weighted by molar-refractivity contribution is 9.10. The number of ketones is 1. The Morgan fingerprint density at radius 2 is 1.55 bits per heavy atom. The van der Waals surface area contributed by atoms with Crippen molar-refractivity contribution in [2.45, 2.75) is 32.8 Å². The van der Waals surface area contributed by atoms with Crippen LogP contribution >= 0.6 is 15.9 Å². The third-order valence-corrected chi connectivity index (χ3v) is 5.29. The molecule has 0 saturated heterocycles. The van der Waals surface area contributed by atoms with Crippen molar-refractivity contribution in [1.29, 1.82) is 0 Å². The quantitative estimate of drug-likeness (QED) is 0.291. The van der Waals surface area contributed by atoms with Gasteiger partial charge in [-0.25, -0.2) is 4.79 Å². The molecule has 0 unspecified atom stereocenters. The normalized spacial score (nSPS) is 11.1. The molecule has 0 aliphatic heterocycles. The second-order valence-electron chi connectivity index (χ2n) is 8.27. The van der Waals surface area contributed by atoms with Crippen molar-refractivity contribution in [3.05, 3.63) is 99.5 Å². The van der Waals surface area contributed by atoms with E-state index in [1.54, 1.807) is 30.3 Å². The van der Waals surface area contributed by atoms with Gasteiger partial charge in [0.25, 0.3) is 0 Å². The van der Waals surface area contributed by atoms with Gasteiger partial charge in [-0.1, -0.05) is 73.1 Å². The summed E-state index contributed by atoms with van der Waals surface area (Å²) in [7, 11) is 0. The Balaban J connectivity index is 1.51. The summed E-state index contributed by atoms with van der Waals surface area (Å²) in [6.07, 6.45) is 0. The predicted molar refractivity (Wildman–Crippen MR) is 125 cm³/mol. The van der Waals surface area contributed by atoms with Crippen LogP contribution in [0.2, 0.25) is 0 Å². The van der Waals surface area contributed by atoms with Gasteiger partial charge in [0.15, 0.2) is 12.4 Å². The molecule has 0 aromatic heterocycles. The van der Waals surface area contributed by atoms with Crippen LogP contribution in [0.3, 0.4) is 0 Å². The molecule has 0 aliphatic rings. The van der Waals surface area contributed by atoms with Gasteiger partial charge >= 0.3 is 5.97 Å². The lowest BCUT2D eigenvalue weighted by Crippen LogP contribution is -2.14. The molecular weight excluding hydrogens is 456 g/mol. The number of rotatable bonds is 7. The highest BCUT2D eigenvalue weighted by Gasteiger charge is 2.14. The van der Waals surface area contributed by atoms with Gasteiger partial charge in [-0.3, -0.25) is 4.79 Å². The van der Waals surface area contributed by atoms with E-state index in [0.29, 0.717) is 17.7 Å². The summed E-state index contributed by atoms with van der Waals surface area (Å²) in [5, 5.41) is 0. The van der Waals surface area contributed by atoms with E-state index in [4.69, 9.17) is 9.47 Å². The lowest BCUT2D eigenvalue weighted by atomic mass is 9.87. The smallest absolute Gasteiger partial charge is 0.338 e. The van der Waals surface area contributed by atoms with Crippen molar-refractivity contribution in [2.24, 2.45) is 0 Å². The molecule has 0 atom stereocenters. The zero-order chi connectivity index (χ0) is 22.4. The van der Waals surface area contributed by atoms with E-state index in [1.807, 2.05) is 30.3 Å². The summed E-state index contributed by atoms with van der Waals surface area (Å²) >= 11 is 3.32. The van der Waals surface area contributed by atoms with Crippen LogP contribution in [0, 0.1) is 0 Å². The van der Waals surface area contributed by atoms with Crippen LogP contribution < -0.4 is 4.74 Å². The Morgan fingerprint density at radius 1 is 0.871 bits per heavy atom. The molecule has 0 amide bonds. The number of carbonyl (C=O) groups is 2. The first-order valence-electron chi connectivity index (χ1n) is 10.0. The average molecular weight is 481 g/mol. The maximum Gasteiger partial charge on any atom is 0.338 e. The largest absolute Gasteiger partial charge is 0.489 e. The molecule has 0 heterocycles. The van der Waals surface area contributed by atoms with Crippen LogP contribution in [0.4, 0.5) is 0 Å². The summed E-state index contributed by atoms with van der Waals surface area (Å²) in [5.41, 5.74) is 3.17. The van der Waals surface area contributed by atoms with Gasteiger partial charge in [-0.2, -0.15) is 0 Å². The molecule has 3 rings (SSSR count). The SMILES string of the molecule is CC(C)(C)c1ccc(OCc2ccc(C(=O)OCC(=O)c3cccc(Br)c3)cc2)cc1. The van der Waals surface area contributed by atoms with E-state index in [2.05, 4.69) is 48.8 Å². The Morgan fingerprint density at radius 3 is 2.16 bits per heavy atom. The standard InChI is InChI=1S/C26H25BrO4/c1-26(2,3)21-11-13-23(14-12-21)30-16-18-7-9-19(10-8-18)25(29)31-17-24(28)20-5-4-6-22(27)15-20/h4-15H,16-17H2,1-3H3. The Kier molecular flexibility index (Phi) is 7.29. The topological polar surface area (TPSA) is 52.6 Å². The van der Waals surface area contributed by atoms with Crippen LogP contribution in [-0.2, 0) is 16.8 Å². The van der Waals surface area contributed by atoms with Gasteiger partial charge in [0.1, 0.15) is 12.4 Å². The molecule has 3 aromatic rings. The molecule has 0 N–H and O–H groups in total. The maximum absolute atomic E-state index is 12.2. The molecule has 0 spiro atoms. The number of hydrogen-bond acceptors (Lipinski definition) is 4. The molecule has 5 heteroatoms. The number of ether oxygens (including phenoxy) is 2. The molecule has 0 bridgehead atoms. The fourth-order valence-corrected chi connectivity index (χ4v) is 3.31. The molecule has 4 nitrogen and oxygen atoms in total. The van der Waals surface area contributed by atoms with Crippen molar-refractivity contribution in [3.8, 4) is 5.75 Å². The fraction of sp³-hybridized carbons (Fsp3) is 0.231. The summed E-state index contributed by atoms with van der Waals surface area (Å²) < 4.78 is 11.8.